The second kappa shape index (κ2) is 7.79. The summed E-state index contributed by atoms with van der Waals surface area (Å²) in [5, 5.41) is 0. The fraction of sp³-hybridized carbons (Fsp3) is 0.316. The summed E-state index contributed by atoms with van der Waals surface area (Å²) < 4.78 is 6.67. The highest BCUT2D eigenvalue weighted by Crippen LogP contribution is 2.17. The molecule has 0 spiro atoms. The molecule has 2 rings (SSSR count). The number of carbonyl (C=O) groups is 3. The van der Waals surface area contributed by atoms with Crippen molar-refractivity contribution in [2.45, 2.75) is 26.8 Å². The maximum Gasteiger partial charge on any atom is 0.355 e. The number of esters is 1. The van der Waals surface area contributed by atoms with E-state index in [2.05, 4.69) is 0 Å². The van der Waals surface area contributed by atoms with Gasteiger partial charge in [0.15, 0.2) is 12.4 Å². The van der Waals surface area contributed by atoms with Crippen LogP contribution in [0.1, 0.15) is 41.6 Å². The molecule has 0 N–H and O–H groups in total. The van der Waals surface area contributed by atoms with Crippen LogP contribution in [-0.4, -0.2) is 34.9 Å². The molecule has 0 unspecified atom stereocenters. The van der Waals surface area contributed by atoms with Gasteiger partial charge in [-0.2, -0.15) is 0 Å². The highest BCUT2D eigenvalue weighted by molar-refractivity contribution is 5.99. The fourth-order valence-corrected chi connectivity index (χ4v) is 2.55. The number of carbonyl (C=O) groups excluding carboxylic acids is 3. The van der Waals surface area contributed by atoms with E-state index in [0.717, 1.165) is 5.69 Å². The summed E-state index contributed by atoms with van der Waals surface area (Å²) in [6.45, 7) is 4.84. The number of anilines is 1. The number of para-hydroxylation sites is 1. The maximum absolute atomic E-state index is 12.5. The lowest BCUT2D eigenvalue weighted by molar-refractivity contribution is -0.122. The highest BCUT2D eigenvalue weighted by atomic mass is 16.5. The van der Waals surface area contributed by atoms with Gasteiger partial charge in [0.05, 0.1) is 0 Å². The minimum absolute atomic E-state index is 0.0760. The third-order valence-corrected chi connectivity index (χ3v) is 3.77. The maximum atomic E-state index is 12.5. The molecule has 0 fully saturated rings. The molecule has 1 aromatic carbocycles. The standard InChI is InChI=1S/C19H22N2O4/c1-13(2)21(16-8-6-5-7-9-16)18(23)12-25-19(24)17-10-15(14(3)22)11-20(17)4/h5-11,13H,12H2,1-4H3. The first-order chi connectivity index (χ1) is 11.8. The molecule has 6 nitrogen and oxygen atoms in total. The predicted octanol–water partition coefficient (Wildman–Crippen LogP) is 2.83. The van der Waals surface area contributed by atoms with Gasteiger partial charge in [-0.1, -0.05) is 18.2 Å². The zero-order valence-corrected chi connectivity index (χ0v) is 14.9. The van der Waals surface area contributed by atoms with Crippen molar-refractivity contribution < 1.29 is 19.1 Å². The van der Waals surface area contributed by atoms with Gasteiger partial charge in [-0.25, -0.2) is 4.79 Å². The van der Waals surface area contributed by atoms with Crippen molar-refractivity contribution in [1.82, 2.24) is 4.57 Å². The third-order valence-electron chi connectivity index (χ3n) is 3.77. The van der Waals surface area contributed by atoms with Crippen LogP contribution in [0.3, 0.4) is 0 Å². The third kappa shape index (κ3) is 4.35. The Morgan fingerprint density at radius 2 is 1.80 bits per heavy atom. The number of Topliss-reactive ketones (excluding diaryl/α,β-unsaturated/α-hetero) is 1. The molecule has 0 aliphatic rings. The number of benzene rings is 1. The van der Waals surface area contributed by atoms with Crippen molar-refractivity contribution in [3.8, 4) is 0 Å². The average Bonchev–Trinajstić information content (AvgIpc) is 2.96. The van der Waals surface area contributed by atoms with Gasteiger partial charge in [0, 0.05) is 30.5 Å². The number of nitrogens with zero attached hydrogens (tertiary/aromatic N) is 2. The molecule has 0 atom stereocenters. The molecule has 25 heavy (non-hydrogen) atoms. The molecule has 0 saturated carbocycles. The minimum atomic E-state index is -0.639. The summed E-state index contributed by atoms with van der Waals surface area (Å²) in [7, 11) is 1.65. The number of ketones is 1. The van der Waals surface area contributed by atoms with E-state index in [1.165, 1.54) is 17.6 Å². The van der Waals surface area contributed by atoms with Crippen molar-refractivity contribution in [3.63, 3.8) is 0 Å². The smallest absolute Gasteiger partial charge is 0.355 e. The number of aromatic nitrogens is 1. The summed E-state index contributed by atoms with van der Waals surface area (Å²) in [6.07, 6.45) is 1.56. The van der Waals surface area contributed by atoms with Crippen molar-refractivity contribution in [1.29, 1.82) is 0 Å². The Hall–Kier alpha value is -2.89. The van der Waals surface area contributed by atoms with E-state index in [1.807, 2.05) is 44.2 Å². The van der Waals surface area contributed by atoms with Gasteiger partial charge >= 0.3 is 5.97 Å². The normalized spacial score (nSPS) is 10.6. The second-order valence-electron chi connectivity index (χ2n) is 6.05. The van der Waals surface area contributed by atoms with E-state index in [0.29, 0.717) is 5.56 Å². The summed E-state index contributed by atoms with van der Waals surface area (Å²) in [6, 6.07) is 10.6. The van der Waals surface area contributed by atoms with Crippen molar-refractivity contribution >= 4 is 23.3 Å². The Morgan fingerprint density at radius 1 is 1.16 bits per heavy atom. The SMILES string of the molecule is CC(=O)c1cc(C(=O)OCC(=O)N(c2ccccc2)C(C)C)n(C)c1. The summed E-state index contributed by atoms with van der Waals surface area (Å²) >= 11 is 0. The van der Waals surface area contributed by atoms with E-state index in [-0.39, 0.29) is 30.0 Å². The summed E-state index contributed by atoms with van der Waals surface area (Å²) in [4.78, 5) is 37.7. The average molecular weight is 342 g/mol. The number of amides is 1. The van der Waals surface area contributed by atoms with Crippen LogP contribution in [0.25, 0.3) is 0 Å². The van der Waals surface area contributed by atoms with Crippen molar-refractivity contribution in [2.24, 2.45) is 7.05 Å². The second-order valence-corrected chi connectivity index (χ2v) is 6.05. The molecule has 0 aliphatic carbocycles. The Bertz CT molecular complexity index is 778. The van der Waals surface area contributed by atoms with Crippen molar-refractivity contribution in [2.75, 3.05) is 11.5 Å². The Balaban J connectivity index is 2.07. The largest absolute Gasteiger partial charge is 0.451 e. The molecular formula is C19H22N2O4. The van der Waals surface area contributed by atoms with E-state index < -0.39 is 5.97 Å². The predicted molar refractivity (Wildman–Crippen MR) is 94.8 cm³/mol. The number of hydrogen-bond donors (Lipinski definition) is 0. The molecule has 1 amide bonds. The molecule has 0 bridgehead atoms. The van der Waals surface area contributed by atoms with Crippen LogP contribution >= 0.6 is 0 Å². The van der Waals surface area contributed by atoms with Crippen LogP contribution in [0.2, 0.25) is 0 Å². The number of aryl methyl sites for hydroxylation is 1. The molecule has 1 heterocycles. The Kier molecular flexibility index (Phi) is 5.75. The molecular weight excluding hydrogens is 320 g/mol. The van der Waals surface area contributed by atoms with E-state index in [4.69, 9.17) is 4.74 Å². The van der Waals surface area contributed by atoms with Gasteiger partial charge < -0.3 is 14.2 Å². The summed E-state index contributed by atoms with van der Waals surface area (Å²) in [5.41, 5.74) is 1.40. The zero-order valence-electron chi connectivity index (χ0n) is 14.9. The van der Waals surface area contributed by atoms with Gasteiger partial charge in [-0.3, -0.25) is 9.59 Å². The number of ether oxygens (including phenoxy) is 1. The lowest BCUT2D eigenvalue weighted by atomic mass is 10.2. The zero-order chi connectivity index (χ0) is 18.6. The van der Waals surface area contributed by atoms with Crippen LogP contribution in [0.15, 0.2) is 42.6 Å². The molecule has 2 aromatic rings. The fourth-order valence-electron chi connectivity index (χ4n) is 2.55. The van der Waals surface area contributed by atoms with E-state index in [9.17, 15) is 14.4 Å². The van der Waals surface area contributed by atoms with Crippen LogP contribution in [0.5, 0.6) is 0 Å². The van der Waals surface area contributed by atoms with Crippen molar-refractivity contribution in [3.05, 3.63) is 53.9 Å². The highest BCUT2D eigenvalue weighted by Gasteiger charge is 2.22. The molecule has 0 saturated heterocycles. The Morgan fingerprint density at radius 3 is 2.32 bits per heavy atom. The quantitative estimate of drug-likeness (QED) is 0.598. The lowest BCUT2D eigenvalue weighted by Gasteiger charge is -2.26. The van der Waals surface area contributed by atoms with Crippen LogP contribution in [0, 0.1) is 0 Å². The molecule has 6 heteroatoms. The van der Waals surface area contributed by atoms with Crippen LogP contribution < -0.4 is 4.90 Å². The molecule has 132 valence electrons. The first-order valence-electron chi connectivity index (χ1n) is 8.02. The van der Waals surface area contributed by atoms with Crippen LogP contribution in [0.4, 0.5) is 5.69 Å². The minimum Gasteiger partial charge on any atom is -0.451 e. The van der Waals surface area contributed by atoms with Gasteiger partial charge in [0.25, 0.3) is 5.91 Å². The van der Waals surface area contributed by atoms with E-state index in [1.54, 1.807) is 18.1 Å². The van der Waals surface area contributed by atoms with Crippen LogP contribution in [-0.2, 0) is 16.6 Å². The summed E-state index contributed by atoms with van der Waals surface area (Å²) in [5.74, 6) is -1.09. The van der Waals surface area contributed by atoms with Gasteiger partial charge in [0.1, 0.15) is 5.69 Å². The number of hydrogen-bond acceptors (Lipinski definition) is 4. The lowest BCUT2D eigenvalue weighted by Crippen LogP contribution is -2.40. The molecule has 0 aliphatic heterocycles. The van der Waals surface area contributed by atoms with Gasteiger partial charge in [-0.15, -0.1) is 0 Å². The first kappa shape index (κ1) is 18.4. The topological polar surface area (TPSA) is 68.6 Å². The first-order valence-corrected chi connectivity index (χ1v) is 8.02. The monoisotopic (exact) mass is 342 g/mol. The van der Waals surface area contributed by atoms with Gasteiger partial charge in [-0.05, 0) is 39.0 Å². The number of rotatable bonds is 6. The van der Waals surface area contributed by atoms with E-state index >= 15 is 0 Å². The van der Waals surface area contributed by atoms with Gasteiger partial charge in [0.2, 0.25) is 0 Å². The molecule has 0 radical (unpaired) electrons. The Labute approximate surface area is 147 Å². The molecule has 1 aromatic heterocycles.